The van der Waals surface area contributed by atoms with E-state index in [0.717, 1.165) is 60.4 Å². The number of anilines is 1. The van der Waals surface area contributed by atoms with Crippen LogP contribution >= 0.6 is 0 Å². The molecule has 1 aromatic heterocycles. The summed E-state index contributed by atoms with van der Waals surface area (Å²) in [5.74, 6) is 0.993. The van der Waals surface area contributed by atoms with Gasteiger partial charge in [-0.05, 0) is 48.6 Å². The molecule has 0 aliphatic rings. The van der Waals surface area contributed by atoms with E-state index in [1.807, 2.05) is 54.6 Å². The Morgan fingerprint density at radius 2 is 1.62 bits per heavy atom. The molecule has 0 saturated heterocycles. The second kappa shape index (κ2) is 10.3. The number of aromatic nitrogens is 2. The van der Waals surface area contributed by atoms with Gasteiger partial charge in [0.2, 0.25) is 5.91 Å². The average Bonchev–Trinajstić information content (AvgIpc) is 3.17. The van der Waals surface area contributed by atoms with Crippen LogP contribution in [0.25, 0.3) is 11.0 Å². The smallest absolute Gasteiger partial charge is 0.231 e. The van der Waals surface area contributed by atoms with Crippen molar-refractivity contribution in [1.82, 2.24) is 9.55 Å². The molecule has 1 N–H and O–H groups in total. The van der Waals surface area contributed by atoms with Gasteiger partial charge in [-0.15, -0.1) is 0 Å². The van der Waals surface area contributed by atoms with Gasteiger partial charge in [0, 0.05) is 18.7 Å². The van der Waals surface area contributed by atoms with Crippen LogP contribution in [-0.2, 0) is 24.2 Å². The van der Waals surface area contributed by atoms with Crippen LogP contribution in [0.15, 0.2) is 78.9 Å². The van der Waals surface area contributed by atoms with Crippen LogP contribution in [0, 0.1) is 0 Å². The van der Waals surface area contributed by atoms with Gasteiger partial charge < -0.3 is 9.88 Å². The van der Waals surface area contributed by atoms with Gasteiger partial charge in [0.25, 0.3) is 0 Å². The molecule has 4 aromatic rings. The Kier molecular flexibility index (Phi) is 7.00. The molecule has 0 fully saturated rings. The number of benzene rings is 3. The van der Waals surface area contributed by atoms with Gasteiger partial charge in [0.15, 0.2) is 0 Å². The van der Waals surface area contributed by atoms with Crippen molar-refractivity contribution in [3.8, 4) is 0 Å². The van der Waals surface area contributed by atoms with Gasteiger partial charge in [-0.1, -0.05) is 74.5 Å². The van der Waals surface area contributed by atoms with E-state index in [2.05, 4.69) is 48.0 Å². The van der Waals surface area contributed by atoms with Crippen LogP contribution in [0.4, 0.5) is 5.69 Å². The fourth-order valence-corrected chi connectivity index (χ4v) is 4.37. The van der Waals surface area contributed by atoms with Crippen LogP contribution in [0.3, 0.4) is 0 Å². The summed E-state index contributed by atoms with van der Waals surface area (Å²) in [6, 6.07) is 26.5. The summed E-state index contributed by atoms with van der Waals surface area (Å²) in [4.78, 5) is 18.0. The lowest BCUT2D eigenvalue weighted by molar-refractivity contribution is -0.117. The van der Waals surface area contributed by atoms with Gasteiger partial charge in [-0.25, -0.2) is 4.98 Å². The zero-order valence-corrected chi connectivity index (χ0v) is 18.9. The topological polar surface area (TPSA) is 46.9 Å². The number of hydrogen-bond donors (Lipinski definition) is 1. The van der Waals surface area contributed by atoms with Crippen molar-refractivity contribution >= 4 is 22.6 Å². The molecule has 0 bridgehead atoms. The highest BCUT2D eigenvalue weighted by Gasteiger charge is 2.19. The molecule has 0 aliphatic carbocycles. The molecule has 0 spiro atoms. The standard InChI is InChI=1S/C28H31N3O/c1-3-20-31-26-17-11-10-16-25(26)29-27(31)19-18-22-14-8-9-15-24(22)30-28(32)23(4-2)21-12-6-5-7-13-21/h5-17,23H,3-4,18-20H2,1-2H3,(H,30,32)/t23-/m0/s1. The van der Waals surface area contributed by atoms with Gasteiger partial charge >= 0.3 is 0 Å². The molecule has 3 aromatic carbocycles. The minimum absolute atomic E-state index is 0.0457. The lowest BCUT2D eigenvalue weighted by atomic mass is 9.95. The Morgan fingerprint density at radius 1 is 0.906 bits per heavy atom. The maximum absolute atomic E-state index is 13.1. The van der Waals surface area contributed by atoms with Crippen LogP contribution in [0.5, 0.6) is 0 Å². The molecule has 4 heteroatoms. The summed E-state index contributed by atoms with van der Waals surface area (Å²) in [5, 5.41) is 3.20. The Hall–Kier alpha value is -3.40. The minimum atomic E-state index is -0.155. The third-order valence-electron chi connectivity index (χ3n) is 6.00. The highest BCUT2D eigenvalue weighted by Crippen LogP contribution is 2.25. The molecule has 1 heterocycles. The number of carbonyl (C=O) groups excluding carboxylic acids is 1. The highest BCUT2D eigenvalue weighted by molar-refractivity contribution is 5.96. The number of amides is 1. The fraction of sp³-hybridized carbons (Fsp3) is 0.286. The quantitative estimate of drug-likeness (QED) is 0.339. The monoisotopic (exact) mass is 425 g/mol. The minimum Gasteiger partial charge on any atom is -0.328 e. The molecule has 0 unspecified atom stereocenters. The van der Waals surface area contributed by atoms with Crippen LogP contribution in [-0.4, -0.2) is 15.5 Å². The molecule has 164 valence electrons. The predicted molar refractivity (Wildman–Crippen MR) is 132 cm³/mol. The summed E-state index contributed by atoms with van der Waals surface area (Å²) >= 11 is 0. The lowest BCUT2D eigenvalue weighted by Crippen LogP contribution is -2.21. The van der Waals surface area contributed by atoms with E-state index in [1.54, 1.807) is 0 Å². The molecular formula is C28H31N3O. The molecule has 1 atom stereocenters. The van der Waals surface area contributed by atoms with Crippen molar-refractivity contribution in [2.75, 3.05) is 5.32 Å². The number of hydrogen-bond acceptors (Lipinski definition) is 2. The number of rotatable bonds is 9. The third-order valence-corrected chi connectivity index (χ3v) is 6.00. The largest absolute Gasteiger partial charge is 0.328 e. The van der Waals surface area contributed by atoms with Crippen molar-refractivity contribution in [3.63, 3.8) is 0 Å². The van der Waals surface area contributed by atoms with Gasteiger partial charge in [-0.3, -0.25) is 4.79 Å². The van der Waals surface area contributed by atoms with Crippen LogP contribution in [0.1, 0.15) is 49.6 Å². The molecule has 4 rings (SSSR count). The Balaban J connectivity index is 1.53. The van der Waals surface area contributed by atoms with Gasteiger partial charge in [0.1, 0.15) is 5.82 Å². The van der Waals surface area contributed by atoms with Gasteiger partial charge in [-0.2, -0.15) is 0 Å². The molecular weight excluding hydrogens is 394 g/mol. The Bertz CT molecular complexity index is 1180. The maximum atomic E-state index is 13.1. The predicted octanol–water partition coefficient (Wildman–Crippen LogP) is 6.36. The van der Waals surface area contributed by atoms with Crippen molar-refractivity contribution < 1.29 is 4.79 Å². The second-order valence-electron chi connectivity index (χ2n) is 8.19. The number of aryl methyl sites for hydroxylation is 3. The summed E-state index contributed by atoms with van der Waals surface area (Å²) in [7, 11) is 0. The molecule has 32 heavy (non-hydrogen) atoms. The Labute approximate surface area is 190 Å². The number of imidazole rings is 1. The van der Waals surface area contributed by atoms with Crippen LogP contribution < -0.4 is 5.32 Å². The number of carbonyl (C=O) groups is 1. The fourth-order valence-electron chi connectivity index (χ4n) is 4.37. The zero-order chi connectivity index (χ0) is 22.3. The SMILES string of the molecule is CCCn1c(CCc2ccccc2NC(=O)[C@@H](CC)c2ccccc2)nc2ccccc21. The van der Waals surface area contributed by atoms with Crippen molar-refractivity contribution in [2.24, 2.45) is 0 Å². The molecule has 4 nitrogen and oxygen atoms in total. The maximum Gasteiger partial charge on any atom is 0.231 e. The van der Waals surface area contributed by atoms with Crippen LogP contribution in [0.2, 0.25) is 0 Å². The van der Waals surface area contributed by atoms with E-state index in [4.69, 9.17) is 4.98 Å². The van der Waals surface area contributed by atoms with E-state index in [-0.39, 0.29) is 11.8 Å². The number of nitrogens with one attached hydrogen (secondary N) is 1. The highest BCUT2D eigenvalue weighted by atomic mass is 16.1. The Morgan fingerprint density at radius 3 is 2.41 bits per heavy atom. The van der Waals surface area contributed by atoms with E-state index in [1.165, 1.54) is 5.52 Å². The third kappa shape index (κ3) is 4.75. The first-order chi connectivity index (χ1) is 15.7. The zero-order valence-electron chi connectivity index (χ0n) is 18.9. The van der Waals surface area contributed by atoms with Crippen molar-refractivity contribution in [1.29, 1.82) is 0 Å². The summed E-state index contributed by atoms with van der Waals surface area (Å²) in [5.41, 5.74) is 5.33. The average molecular weight is 426 g/mol. The van der Waals surface area contributed by atoms with Crippen molar-refractivity contribution in [3.05, 3.63) is 95.8 Å². The lowest BCUT2D eigenvalue weighted by Gasteiger charge is -2.17. The van der Waals surface area contributed by atoms with Crippen molar-refractivity contribution in [2.45, 2.75) is 52.0 Å². The molecule has 0 radical (unpaired) electrons. The first-order valence-electron chi connectivity index (χ1n) is 11.6. The normalized spacial score (nSPS) is 12.1. The molecule has 0 saturated carbocycles. The first kappa shape index (κ1) is 21.8. The van der Waals surface area contributed by atoms with E-state index < -0.39 is 0 Å². The van der Waals surface area contributed by atoms with E-state index in [9.17, 15) is 4.79 Å². The number of para-hydroxylation sites is 3. The summed E-state index contributed by atoms with van der Waals surface area (Å²) in [6.45, 7) is 5.21. The molecule has 0 aliphatic heterocycles. The first-order valence-corrected chi connectivity index (χ1v) is 11.6. The number of fused-ring (bicyclic) bond motifs is 1. The second-order valence-corrected chi connectivity index (χ2v) is 8.19. The van der Waals surface area contributed by atoms with E-state index in [0.29, 0.717) is 0 Å². The molecule has 1 amide bonds. The summed E-state index contributed by atoms with van der Waals surface area (Å²) in [6.07, 6.45) is 3.49. The number of nitrogens with zero attached hydrogens (tertiary/aromatic N) is 2. The van der Waals surface area contributed by atoms with E-state index >= 15 is 0 Å². The van der Waals surface area contributed by atoms with Gasteiger partial charge in [0.05, 0.1) is 17.0 Å². The summed E-state index contributed by atoms with van der Waals surface area (Å²) < 4.78 is 2.33.